The van der Waals surface area contributed by atoms with Crippen LogP contribution in [0.4, 0.5) is 14.5 Å². The van der Waals surface area contributed by atoms with E-state index in [0.717, 1.165) is 11.3 Å². The number of alkyl halides is 2. The van der Waals surface area contributed by atoms with Crippen LogP contribution in [0, 0.1) is 0 Å². The molecule has 0 aliphatic rings. The summed E-state index contributed by atoms with van der Waals surface area (Å²) in [5, 5.41) is 0. The SMILES string of the molecule is NCc1ccc(S(=O)(=O)Nc2ccccc2OC(F)F)s1. The van der Waals surface area contributed by atoms with Crippen LogP contribution in [-0.4, -0.2) is 15.0 Å². The van der Waals surface area contributed by atoms with Crippen molar-refractivity contribution in [3.05, 3.63) is 41.3 Å². The number of hydrogen-bond donors (Lipinski definition) is 2. The number of rotatable bonds is 6. The minimum atomic E-state index is -3.87. The summed E-state index contributed by atoms with van der Waals surface area (Å²) in [6, 6.07) is 8.58. The lowest BCUT2D eigenvalue weighted by atomic mass is 10.3. The molecule has 0 unspecified atom stereocenters. The average Bonchev–Trinajstić information content (AvgIpc) is 2.90. The van der Waals surface area contributed by atoms with Crippen LogP contribution < -0.4 is 15.2 Å². The lowest BCUT2D eigenvalue weighted by Crippen LogP contribution is -2.13. The van der Waals surface area contributed by atoms with Gasteiger partial charge < -0.3 is 10.5 Å². The second kappa shape index (κ2) is 6.37. The Kier molecular flexibility index (Phi) is 4.76. The summed E-state index contributed by atoms with van der Waals surface area (Å²) in [5.74, 6) is -0.244. The minimum absolute atomic E-state index is 0.0507. The highest BCUT2D eigenvalue weighted by Gasteiger charge is 2.19. The number of nitrogens with one attached hydrogen (secondary N) is 1. The van der Waals surface area contributed by atoms with Gasteiger partial charge in [-0.15, -0.1) is 11.3 Å². The molecule has 1 aromatic heterocycles. The number of ether oxygens (including phenoxy) is 1. The molecular weight excluding hydrogens is 322 g/mol. The molecule has 2 aromatic rings. The van der Waals surface area contributed by atoms with Gasteiger partial charge in [-0.2, -0.15) is 8.78 Å². The van der Waals surface area contributed by atoms with Crippen LogP contribution >= 0.6 is 11.3 Å². The molecule has 2 rings (SSSR count). The molecule has 1 aromatic carbocycles. The average molecular weight is 334 g/mol. The summed E-state index contributed by atoms with van der Waals surface area (Å²) in [7, 11) is -3.87. The topological polar surface area (TPSA) is 81.4 Å². The highest BCUT2D eigenvalue weighted by molar-refractivity contribution is 7.94. The number of nitrogens with two attached hydrogens (primary N) is 1. The van der Waals surface area contributed by atoms with Gasteiger partial charge in [-0.3, -0.25) is 4.72 Å². The van der Waals surface area contributed by atoms with Crippen molar-refractivity contribution in [1.82, 2.24) is 0 Å². The van der Waals surface area contributed by atoms with E-state index in [0.29, 0.717) is 4.88 Å². The van der Waals surface area contributed by atoms with Crippen molar-refractivity contribution >= 4 is 27.0 Å². The van der Waals surface area contributed by atoms with E-state index in [1.54, 1.807) is 6.07 Å². The van der Waals surface area contributed by atoms with Gasteiger partial charge in [0.1, 0.15) is 9.96 Å². The van der Waals surface area contributed by atoms with E-state index in [4.69, 9.17) is 5.73 Å². The van der Waals surface area contributed by atoms with Crippen molar-refractivity contribution in [3.8, 4) is 5.75 Å². The first-order valence-corrected chi connectivity index (χ1v) is 8.08. The summed E-state index contributed by atoms with van der Waals surface area (Å²) in [5.41, 5.74) is 5.37. The Morgan fingerprint density at radius 3 is 2.57 bits per heavy atom. The van der Waals surface area contributed by atoms with Gasteiger partial charge >= 0.3 is 6.61 Å². The van der Waals surface area contributed by atoms with Crippen molar-refractivity contribution in [1.29, 1.82) is 0 Å². The predicted octanol–water partition coefficient (Wildman–Crippen LogP) is 2.61. The van der Waals surface area contributed by atoms with Crippen molar-refractivity contribution < 1.29 is 21.9 Å². The van der Waals surface area contributed by atoms with Gasteiger partial charge in [0.05, 0.1) is 5.69 Å². The zero-order valence-corrected chi connectivity index (χ0v) is 12.3. The van der Waals surface area contributed by atoms with Gasteiger partial charge in [0.2, 0.25) is 0 Å². The Labute approximate surface area is 124 Å². The quantitative estimate of drug-likeness (QED) is 0.851. The highest BCUT2D eigenvalue weighted by Crippen LogP contribution is 2.29. The molecule has 21 heavy (non-hydrogen) atoms. The monoisotopic (exact) mass is 334 g/mol. The number of para-hydroxylation sites is 2. The summed E-state index contributed by atoms with van der Waals surface area (Å²) >= 11 is 1.01. The summed E-state index contributed by atoms with van der Waals surface area (Å²) < 4.78 is 55.5. The van der Waals surface area contributed by atoms with Gasteiger partial charge in [0, 0.05) is 11.4 Å². The highest BCUT2D eigenvalue weighted by atomic mass is 32.2. The largest absolute Gasteiger partial charge is 0.433 e. The van der Waals surface area contributed by atoms with E-state index < -0.39 is 16.6 Å². The molecule has 0 aliphatic heterocycles. The van der Waals surface area contributed by atoms with Crippen LogP contribution in [0.1, 0.15) is 4.88 Å². The predicted molar refractivity (Wildman–Crippen MR) is 76.1 cm³/mol. The third kappa shape index (κ3) is 3.90. The van der Waals surface area contributed by atoms with Crippen molar-refractivity contribution in [2.24, 2.45) is 5.73 Å². The fraction of sp³-hybridized carbons (Fsp3) is 0.167. The number of thiophene rings is 1. The zero-order chi connectivity index (χ0) is 15.5. The molecule has 3 N–H and O–H groups in total. The fourth-order valence-corrected chi connectivity index (χ4v) is 3.86. The first-order chi connectivity index (χ1) is 9.92. The molecule has 0 saturated carbocycles. The third-order valence-corrected chi connectivity index (χ3v) is 5.42. The third-order valence-electron chi connectivity index (χ3n) is 2.45. The van der Waals surface area contributed by atoms with Crippen molar-refractivity contribution in [3.63, 3.8) is 0 Å². The van der Waals surface area contributed by atoms with E-state index in [1.165, 1.54) is 30.3 Å². The Hall–Kier alpha value is -1.71. The molecule has 0 bridgehead atoms. The Bertz CT molecular complexity index is 717. The molecule has 0 spiro atoms. The number of sulfonamides is 1. The van der Waals surface area contributed by atoms with E-state index in [2.05, 4.69) is 9.46 Å². The lowest BCUT2D eigenvalue weighted by Gasteiger charge is -2.12. The number of anilines is 1. The molecule has 5 nitrogen and oxygen atoms in total. The first kappa shape index (κ1) is 15.7. The van der Waals surface area contributed by atoms with Crippen LogP contribution in [-0.2, 0) is 16.6 Å². The molecule has 0 atom stereocenters. The van der Waals surface area contributed by atoms with Crippen LogP contribution in [0.2, 0.25) is 0 Å². The lowest BCUT2D eigenvalue weighted by molar-refractivity contribution is -0.0493. The maximum absolute atomic E-state index is 12.3. The van der Waals surface area contributed by atoms with E-state index in [9.17, 15) is 17.2 Å². The zero-order valence-electron chi connectivity index (χ0n) is 10.6. The standard InChI is InChI=1S/C12H12F2N2O3S2/c13-12(14)19-10-4-2-1-3-9(10)16-21(17,18)11-6-5-8(7-15)20-11/h1-6,12,16H,7,15H2. The van der Waals surface area contributed by atoms with E-state index in [1.807, 2.05) is 0 Å². The van der Waals surface area contributed by atoms with Gasteiger partial charge in [0.15, 0.2) is 0 Å². The molecule has 114 valence electrons. The van der Waals surface area contributed by atoms with Gasteiger partial charge in [-0.1, -0.05) is 12.1 Å². The maximum Gasteiger partial charge on any atom is 0.387 e. The number of benzene rings is 1. The van der Waals surface area contributed by atoms with Crippen LogP contribution in [0.3, 0.4) is 0 Å². The van der Waals surface area contributed by atoms with Gasteiger partial charge in [0.25, 0.3) is 10.0 Å². The maximum atomic E-state index is 12.3. The van der Waals surface area contributed by atoms with Crippen molar-refractivity contribution in [2.75, 3.05) is 4.72 Å². The molecule has 0 amide bonds. The molecular formula is C12H12F2N2O3S2. The first-order valence-electron chi connectivity index (χ1n) is 5.78. The molecule has 0 radical (unpaired) electrons. The van der Waals surface area contributed by atoms with Gasteiger partial charge in [-0.05, 0) is 24.3 Å². The Morgan fingerprint density at radius 1 is 1.24 bits per heavy atom. The smallest absolute Gasteiger partial charge is 0.387 e. The van der Waals surface area contributed by atoms with Crippen molar-refractivity contribution in [2.45, 2.75) is 17.4 Å². The Balaban J connectivity index is 2.28. The molecule has 0 fully saturated rings. The van der Waals surface area contributed by atoms with Crippen LogP contribution in [0.15, 0.2) is 40.6 Å². The number of hydrogen-bond acceptors (Lipinski definition) is 5. The van der Waals surface area contributed by atoms with Crippen LogP contribution in [0.25, 0.3) is 0 Å². The van der Waals surface area contributed by atoms with Crippen LogP contribution in [0.5, 0.6) is 5.75 Å². The van der Waals surface area contributed by atoms with E-state index in [-0.39, 0.29) is 22.2 Å². The molecule has 9 heteroatoms. The summed E-state index contributed by atoms with van der Waals surface area (Å²) in [6.07, 6.45) is 0. The molecule has 0 saturated heterocycles. The Morgan fingerprint density at radius 2 is 1.95 bits per heavy atom. The molecule has 0 aliphatic carbocycles. The minimum Gasteiger partial charge on any atom is -0.433 e. The van der Waals surface area contributed by atoms with E-state index >= 15 is 0 Å². The second-order valence-corrected chi connectivity index (χ2v) is 6.98. The fourth-order valence-electron chi connectivity index (χ4n) is 1.56. The molecule has 1 heterocycles. The summed E-state index contributed by atoms with van der Waals surface area (Å²) in [6.45, 7) is -2.81. The summed E-state index contributed by atoms with van der Waals surface area (Å²) in [4.78, 5) is 0.701. The van der Waals surface area contributed by atoms with Gasteiger partial charge in [-0.25, -0.2) is 8.42 Å². The second-order valence-electron chi connectivity index (χ2n) is 3.91. The normalized spacial score (nSPS) is 11.6. The number of halogens is 2.